The summed E-state index contributed by atoms with van der Waals surface area (Å²) in [7, 11) is 4.69. The molecule has 3 rings (SSSR count). The number of nitrogens with one attached hydrogen (secondary N) is 1. The van der Waals surface area contributed by atoms with E-state index in [0.29, 0.717) is 35.3 Å². The number of hydrogen-bond donors (Lipinski definition) is 1. The van der Waals surface area contributed by atoms with Gasteiger partial charge in [0.15, 0.2) is 11.5 Å². The summed E-state index contributed by atoms with van der Waals surface area (Å²) in [6, 6.07) is 20.6. The van der Waals surface area contributed by atoms with E-state index in [1.807, 2.05) is 48.5 Å². The Kier molecular flexibility index (Phi) is 7.54. The second-order valence-corrected chi connectivity index (χ2v) is 6.57. The summed E-state index contributed by atoms with van der Waals surface area (Å²) in [4.78, 5) is 12.3. The summed E-state index contributed by atoms with van der Waals surface area (Å²) >= 11 is 0. The van der Waals surface area contributed by atoms with E-state index in [-0.39, 0.29) is 5.91 Å². The zero-order valence-corrected chi connectivity index (χ0v) is 17.8. The molecule has 0 heterocycles. The average molecular weight is 419 g/mol. The maximum absolute atomic E-state index is 12.3. The molecule has 0 aliphatic heterocycles. The topological polar surface area (TPSA) is 66.0 Å². The lowest BCUT2D eigenvalue weighted by Crippen LogP contribution is -2.09. The summed E-state index contributed by atoms with van der Waals surface area (Å²) in [6.45, 7) is 0.443. The molecule has 3 aromatic carbocycles. The fourth-order valence-electron chi connectivity index (χ4n) is 2.89. The molecule has 0 atom stereocenters. The van der Waals surface area contributed by atoms with E-state index in [1.165, 1.54) is 13.2 Å². The minimum atomic E-state index is -0.285. The van der Waals surface area contributed by atoms with Gasteiger partial charge in [-0.05, 0) is 41.5 Å². The number of carbonyl (C=O) groups excluding carboxylic acids is 1. The van der Waals surface area contributed by atoms with Gasteiger partial charge in [0.2, 0.25) is 5.91 Å². The maximum Gasteiger partial charge on any atom is 0.248 e. The van der Waals surface area contributed by atoms with E-state index >= 15 is 0 Å². The third kappa shape index (κ3) is 6.02. The van der Waals surface area contributed by atoms with Crippen molar-refractivity contribution in [3.05, 3.63) is 83.9 Å². The molecule has 0 aliphatic rings. The van der Waals surface area contributed by atoms with E-state index in [4.69, 9.17) is 18.9 Å². The monoisotopic (exact) mass is 419 g/mol. The summed E-state index contributed by atoms with van der Waals surface area (Å²) in [6.07, 6.45) is 3.15. The molecule has 6 heteroatoms. The molecule has 0 aromatic heterocycles. The first-order chi connectivity index (χ1) is 15.1. The minimum Gasteiger partial charge on any atom is -0.497 e. The largest absolute Gasteiger partial charge is 0.497 e. The summed E-state index contributed by atoms with van der Waals surface area (Å²) in [5.74, 6) is 2.10. The van der Waals surface area contributed by atoms with Crippen molar-refractivity contribution >= 4 is 17.7 Å². The van der Waals surface area contributed by atoms with Crippen LogP contribution in [0.1, 0.15) is 11.1 Å². The van der Waals surface area contributed by atoms with Crippen molar-refractivity contribution in [2.75, 3.05) is 26.6 Å². The van der Waals surface area contributed by atoms with Gasteiger partial charge in [-0.25, -0.2) is 0 Å². The second kappa shape index (κ2) is 10.7. The second-order valence-electron chi connectivity index (χ2n) is 6.57. The molecule has 1 amide bonds. The first kappa shape index (κ1) is 21.8. The van der Waals surface area contributed by atoms with Gasteiger partial charge in [0.25, 0.3) is 0 Å². The molecule has 3 aromatic rings. The van der Waals surface area contributed by atoms with Gasteiger partial charge in [-0.2, -0.15) is 0 Å². The highest BCUT2D eigenvalue weighted by Crippen LogP contribution is 2.30. The highest BCUT2D eigenvalue weighted by atomic mass is 16.5. The van der Waals surface area contributed by atoms with Gasteiger partial charge in [-0.15, -0.1) is 0 Å². The number of hydrogen-bond acceptors (Lipinski definition) is 5. The van der Waals surface area contributed by atoms with Crippen LogP contribution in [-0.2, 0) is 11.4 Å². The normalized spacial score (nSPS) is 10.5. The smallest absolute Gasteiger partial charge is 0.248 e. The van der Waals surface area contributed by atoms with Gasteiger partial charge in [-0.1, -0.05) is 36.4 Å². The molecule has 0 spiro atoms. The van der Waals surface area contributed by atoms with Crippen LogP contribution in [0.5, 0.6) is 23.0 Å². The van der Waals surface area contributed by atoms with Crippen LogP contribution in [-0.4, -0.2) is 27.2 Å². The van der Waals surface area contributed by atoms with Crippen LogP contribution in [0.4, 0.5) is 5.69 Å². The Balaban J connectivity index is 1.65. The quantitative estimate of drug-likeness (QED) is 0.498. The van der Waals surface area contributed by atoms with E-state index in [1.54, 1.807) is 38.5 Å². The van der Waals surface area contributed by atoms with Crippen LogP contribution < -0.4 is 24.3 Å². The van der Waals surface area contributed by atoms with E-state index < -0.39 is 0 Å². The molecule has 0 unspecified atom stereocenters. The van der Waals surface area contributed by atoms with Crippen LogP contribution in [0.2, 0.25) is 0 Å². The van der Waals surface area contributed by atoms with E-state index in [9.17, 15) is 4.79 Å². The van der Waals surface area contributed by atoms with Crippen molar-refractivity contribution in [3.63, 3.8) is 0 Å². The highest BCUT2D eigenvalue weighted by molar-refractivity contribution is 6.02. The van der Waals surface area contributed by atoms with Crippen molar-refractivity contribution in [1.29, 1.82) is 0 Å². The third-order valence-electron chi connectivity index (χ3n) is 4.52. The number of methoxy groups -OCH3 is 3. The predicted octanol–water partition coefficient (Wildman–Crippen LogP) is 4.94. The first-order valence-electron chi connectivity index (χ1n) is 9.69. The molecule has 1 N–H and O–H groups in total. The van der Waals surface area contributed by atoms with E-state index in [0.717, 1.165) is 11.1 Å². The van der Waals surface area contributed by atoms with E-state index in [2.05, 4.69) is 5.32 Å². The van der Waals surface area contributed by atoms with Gasteiger partial charge >= 0.3 is 0 Å². The average Bonchev–Trinajstić information content (AvgIpc) is 2.82. The van der Waals surface area contributed by atoms with Gasteiger partial charge in [0.05, 0.1) is 27.0 Å². The highest BCUT2D eigenvalue weighted by Gasteiger charge is 2.08. The van der Waals surface area contributed by atoms with Crippen LogP contribution >= 0.6 is 0 Å². The molecule has 0 bridgehead atoms. The third-order valence-corrected chi connectivity index (χ3v) is 4.52. The molecular weight excluding hydrogens is 394 g/mol. The fourth-order valence-corrected chi connectivity index (χ4v) is 2.89. The predicted molar refractivity (Wildman–Crippen MR) is 121 cm³/mol. The zero-order chi connectivity index (χ0) is 22.1. The van der Waals surface area contributed by atoms with Crippen molar-refractivity contribution in [2.45, 2.75) is 6.61 Å². The molecule has 160 valence electrons. The van der Waals surface area contributed by atoms with Gasteiger partial charge in [-0.3, -0.25) is 4.79 Å². The number of ether oxygens (including phenoxy) is 4. The molecule has 0 saturated heterocycles. The summed E-state index contributed by atoms with van der Waals surface area (Å²) in [5, 5.41) is 2.80. The summed E-state index contributed by atoms with van der Waals surface area (Å²) < 4.78 is 21.8. The molecule has 0 saturated carbocycles. The fraction of sp³-hybridized carbons (Fsp3) is 0.160. The van der Waals surface area contributed by atoms with Crippen molar-refractivity contribution in [3.8, 4) is 23.0 Å². The van der Waals surface area contributed by atoms with Gasteiger partial charge in [0, 0.05) is 12.1 Å². The van der Waals surface area contributed by atoms with Gasteiger partial charge < -0.3 is 24.3 Å². The molecule has 31 heavy (non-hydrogen) atoms. The Morgan fingerprint density at radius 1 is 0.839 bits per heavy atom. The maximum atomic E-state index is 12.3. The Morgan fingerprint density at radius 2 is 1.61 bits per heavy atom. The molecule has 0 aliphatic carbocycles. The number of carbonyl (C=O) groups is 1. The van der Waals surface area contributed by atoms with Crippen molar-refractivity contribution in [2.24, 2.45) is 0 Å². The van der Waals surface area contributed by atoms with Gasteiger partial charge in [0.1, 0.15) is 18.1 Å². The van der Waals surface area contributed by atoms with Crippen LogP contribution in [0, 0.1) is 0 Å². The number of benzene rings is 3. The lowest BCUT2D eigenvalue weighted by atomic mass is 10.2. The lowest BCUT2D eigenvalue weighted by Gasteiger charge is -2.11. The van der Waals surface area contributed by atoms with Crippen LogP contribution in [0.3, 0.4) is 0 Å². The summed E-state index contributed by atoms with van der Waals surface area (Å²) in [5.41, 5.74) is 2.43. The Bertz CT molecular complexity index is 1050. The molecule has 0 fully saturated rings. The lowest BCUT2D eigenvalue weighted by molar-refractivity contribution is -0.111. The minimum absolute atomic E-state index is 0.285. The standard InChI is InChI=1S/C25H25NO5/c1-28-20-11-12-21(23(16-20)29-2)26-25(27)14-10-18-9-13-22(24(15-18)30-3)31-17-19-7-5-4-6-8-19/h4-16H,17H2,1-3H3,(H,26,27). The number of amides is 1. The first-order valence-corrected chi connectivity index (χ1v) is 9.69. The SMILES string of the molecule is COc1ccc(NC(=O)C=Cc2ccc(OCc3ccccc3)c(OC)c2)c(OC)c1. The Morgan fingerprint density at radius 3 is 2.32 bits per heavy atom. The number of rotatable bonds is 9. The molecular formula is C25H25NO5. The molecule has 6 nitrogen and oxygen atoms in total. The number of anilines is 1. The zero-order valence-electron chi connectivity index (χ0n) is 17.8. The Hall–Kier alpha value is -3.93. The van der Waals surface area contributed by atoms with Crippen molar-refractivity contribution in [1.82, 2.24) is 0 Å². The molecule has 0 radical (unpaired) electrons. The van der Waals surface area contributed by atoms with Crippen LogP contribution in [0.15, 0.2) is 72.8 Å². The van der Waals surface area contributed by atoms with Crippen LogP contribution in [0.25, 0.3) is 6.08 Å². The van der Waals surface area contributed by atoms with Crippen molar-refractivity contribution < 1.29 is 23.7 Å². The Labute approximate surface area is 182 Å².